The highest BCUT2D eigenvalue weighted by Crippen LogP contribution is 2.26. The molecule has 1 N–H and O–H groups in total. The van der Waals surface area contributed by atoms with Crippen molar-refractivity contribution in [2.45, 2.75) is 25.8 Å². The first-order valence-electron chi connectivity index (χ1n) is 7.96. The molecule has 25 heavy (non-hydrogen) atoms. The Kier molecular flexibility index (Phi) is 5.25. The largest absolute Gasteiger partial charge is 0.327 e. The average molecular weight is 378 g/mol. The molecule has 1 aliphatic heterocycles. The molecule has 1 atom stereocenters. The summed E-state index contributed by atoms with van der Waals surface area (Å²) in [5.74, 6) is -0.0606. The van der Waals surface area contributed by atoms with E-state index in [0.29, 0.717) is 34.4 Å². The predicted octanol–water partition coefficient (Wildman–Crippen LogP) is 3.94. The predicted molar refractivity (Wildman–Crippen MR) is 98.1 cm³/mol. The fraction of sp³-hybridized carbons (Fsp3) is 0.278. The Balaban J connectivity index is 1.79. The Bertz CT molecular complexity index is 826. The summed E-state index contributed by atoms with van der Waals surface area (Å²) in [6.45, 7) is 2.35. The second-order valence-electron chi connectivity index (χ2n) is 5.93. The van der Waals surface area contributed by atoms with Crippen molar-refractivity contribution in [2.75, 3.05) is 11.9 Å². The van der Waals surface area contributed by atoms with Crippen LogP contribution in [0.25, 0.3) is 0 Å². The molecule has 0 radical (unpaired) electrons. The van der Waals surface area contributed by atoms with E-state index in [2.05, 4.69) is 10.3 Å². The lowest BCUT2D eigenvalue weighted by molar-refractivity contribution is -0.119. The summed E-state index contributed by atoms with van der Waals surface area (Å²) in [5.41, 5.74) is 1.12. The van der Waals surface area contributed by atoms with Crippen molar-refractivity contribution in [1.29, 1.82) is 0 Å². The van der Waals surface area contributed by atoms with Crippen LogP contribution in [0.5, 0.6) is 0 Å². The molecule has 130 valence electrons. The number of carbonyl (C=O) groups excluding carboxylic acids is 2. The summed E-state index contributed by atoms with van der Waals surface area (Å²) in [6, 6.07) is 9.58. The van der Waals surface area contributed by atoms with E-state index < -0.39 is 6.04 Å². The number of carbonyl (C=O) groups is 2. The van der Waals surface area contributed by atoms with Gasteiger partial charge in [-0.05, 0) is 50.1 Å². The molecule has 1 fully saturated rings. The molecule has 0 aliphatic carbocycles. The Hall–Kier alpha value is -2.11. The van der Waals surface area contributed by atoms with Gasteiger partial charge in [-0.2, -0.15) is 0 Å². The molecule has 3 rings (SSSR count). The molecule has 1 aromatic heterocycles. The van der Waals surface area contributed by atoms with Crippen molar-refractivity contribution in [2.24, 2.45) is 0 Å². The summed E-state index contributed by atoms with van der Waals surface area (Å²) in [4.78, 5) is 31.3. The number of aryl methyl sites for hydroxylation is 1. The highest BCUT2D eigenvalue weighted by atomic mass is 35.5. The fourth-order valence-electron chi connectivity index (χ4n) is 2.92. The van der Waals surface area contributed by atoms with Gasteiger partial charge in [-0.25, -0.2) is 4.98 Å². The van der Waals surface area contributed by atoms with Crippen LogP contribution in [0, 0.1) is 6.92 Å². The van der Waals surface area contributed by atoms with E-state index in [1.165, 1.54) is 6.07 Å². The molecule has 1 saturated heterocycles. The van der Waals surface area contributed by atoms with Gasteiger partial charge in [0.15, 0.2) is 0 Å². The van der Waals surface area contributed by atoms with Crippen molar-refractivity contribution in [1.82, 2.24) is 9.88 Å². The Labute approximate surface area is 155 Å². The van der Waals surface area contributed by atoms with Crippen LogP contribution in [0.1, 0.15) is 28.9 Å². The lowest BCUT2D eigenvalue weighted by Crippen LogP contribution is -2.43. The molecule has 0 spiro atoms. The maximum atomic E-state index is 12.8. The van der Waals surface area contributed by atoms with E-state index in [9.17, 15) is 9.59 Å². The molecular weight excluding hydrogens is 361 g/mol. The van der Waals surface area contributed by atoms with Gasteiger partial charge in [-0.15, -0.1) is 0 Å². The van der Waals surface area contributed by atoms with Gasteiger partial charge in [0.1, 0.15) is 11.9 Å². The standard InChI is InChI=1S/C18H17Cl2N3O2/c1-11-4-2-6-16(21-11)22-17(24)15-5-3-9-23(15)18(25)13-10-12(19)7-8-14(13)20/h2,4,6-8,10,15H,3,5,9H2,1H3,(H,21,22,24)/t15-/m1/s1. The Morgan fingerprint density at radius 2 is 2.04 bits per heavy atom. The van der Waals surface area contributed by atoms with Gasteiger partial charge >= 0.3 is 0 Å². The van der Waals surface area contributed by atoms with Gasteiger partial charge < -0.3 is 10.2 Å². The smallest absolute Gasteiger partial charge is 0.256 e. The number of hydrogen-bond acceptors (Lipinski definition) is 3. The first-order chi connectivity index (χ1) is 12.0. The van der Waals surface area contributed by atoms with Crippen LogP contribution in [-0.2, 0) is 4.79 Å². The zero-order valence-electron chi connectivity index (χ0n) is 13.6. The molecule has 5 nitrogen and oxygen atoms in total. The summed E-state index contributed by atoms with van der Waals surface area (Å²) in [6.07, 6.45) is 1.35. The third-order valence-electron chi connectivity index (χ3n) is 4.11. The van der Waals surface area contributed by atoms with E-state index in [1.807, 2.05) is 19.1 Å². The number of likely N-dealkylation sites (tertiary alicyclic amines) is 1. The van der Waals surface area contributed by atoms with E-state index >= 15 is 0 Å². The van der Waals surface area contributed by atoms with Crippen LogP contribution in [0.15, 0.2) is 36.4 Å². The number of nitrogens with one attached hydrogen (secondary N) is 1. The minimum Gasteiger partial charge on any atom is -0.327 e. The molecule has 0 saturated carbocycles. The lowest BCUT2D eigenvalue weighted by Gasteiger charge is -2.24. The Morgan fingerprint density at radius 3 is 2.80 bits per heavy atom. The molecule has 2 heterocycles. The van der Waals surface area contributed by atoms with E-state index in [4.69, 9.17) is 23.2 Å². The van der Waals surface area contributed by atoms with Crippen LogP contribution in [0.2, 0.25) is 10.0 Å². The minimum absolute atomic E-state index is 0.248. The molecule has 2 amide bonds. The molecule has 0 bridgehead atoms. The average Bonchev–Trinajstić information content (AvgIpc) is 3.06. The molecule has 0 unspecified atom stereocenters. The highest BCUT2D eigenvalue weighted by Gasteiger charge is 2.35. The third kappa shape index (κ3) is 3.94. The van der Waals surface area contributed by atoms with Crippen molar-refractivity contribution in [3.63, 3.8) is 0 Å². The van der Waals surface area contributed by atoms with Crippen LogP contribution < -0.4 is 5.32 Å². The van der Waals surface area contributed by atoms with Gasteiger partial charge in [0.25, 0.3) is 5.91 Å². The third-order valence-corrected chi connectivity index (χ3v) is 4.68. The second-order valence-corrected chi connectivity index (χ2v) is 6.78. The summed E-state index contributed by atoms with van der Waals surface area (Å²) < 4.78 is 0. The number of benzene rings is 1. The van der Waals surface area contributed by atoms with Crippen LogP contribution >= 0.6 is 23.2 Å². The number of nitrogens with zero attached hydrogens (tertiary/aromatic N) is 2. The number of amides is 2. The summed E-state index contributed by atoms with van der Waals surface area (Å²) in [7, 11) is 0. The van der Waals surface area contributed by atoms with Crippen molar-refractivity contribution in [3.8, 4) is 0 Å². The number of rotatable bonds is 3. The van der Waals surface area contributed by atoms with E-state index in [1.54, 1.807) is 23.1 Å². The molecule has 2 aromatic rings. The number of anilines is 1. The minimum atomic E-state index is -0.551. The topological polar surface area (TPSA) is 62.3 Å². The van der Waals surface area contributed by atoms with E-state index in [0.717, 1.165) is 12.1 Å². The van der Waals surface area contributed by atoms with Gasteiger partial charge in [0.2, 0.25) is 5.91 Å². The maximum Gasteiger partial charge on any atom is 0.256 e. The van der Waals surface area contributed by atoms with Crippen molar-refractivity contribution >= 4 is 40.8 Å². The first-order valence-corrected chi connectivity index (χ1v) is 8.72. The monoisotopic (exact) mass is 377 g/mol. The zero-order valence-corrected chi connectivity index (χ0v) is 15.1. The quantitative estimate of drug-likeness (QED) is 0.880. The van der Waals surface area contributed by atoms with Crippen LogP contribution in [0.3, 0.4) is 0 Å². The molecule has 1 aromatic carbocycles. The lowest BCUT2D eigenvalue weighted by atomic mass is 10.1. The normalized spacial score (nSPS) is 16.8. The maximum absolute atomic E-state index is 12.8. The molecular formula is C18H17Cl2N3O2. The number of hydrogen-bond donors (Lipinski definition) is 1. The summed E-state index contributed by atoms with van der Waals surface area (Å²) >= 11 is 12.1. The van der Waals surface area contributed by atoms with Gasteiger partial charge in [-0.1, -0.05) is 29.3 Å². The van der Waals surface area contributed by atoms with Gasteiger partial charge in [0.05, 0.1) is 10.6 Å². The van der Waals surface area contributed by atoms with Gasteiger partial charge in [0, 0.05) is 17.3 Å². The van der Waals surface area contributed by atoms with E-state index in [-0.39, 0.29) is 11.8 Å². The molecule has 7 heteroatoms. The second kappa shape index (κ2) is 7.42. The number of pyridine rings is 1. The fourth-order valence-corrected chi connectivity index (χ4v) is 3.29. The number of halogens is 2. The summed E-state index contributed by atoms with van der Waals surface area (Å²) in [5, 5.41) is 3.53. The zero-order chi connectivity index (χ0) is 18.0. The van der Waals surface area contributed by atoms with Crippen LogP contribution in [0.4, 0.5) is 5.82 Å². The van der Waals surface area contributed by atoms with Gasteiger partial charge in [-0.3, -0.25) is 9.59 Å². The Morgan fingerprint density at radius 1 is 1.24 bits per heavy atom. The van der Waals surface area contributed by atoms with Crippen molar-refractivity contribution < 1.29 is 9.59 Å². The SMILES string of the molecule is Cc1cccc(NC(=O)[C@H]2CCCN2C(=O)c2cc(Cl)ccc2Cl)n1. The number of aromatic nitrogens is 1. The van der Waals surface area contributed by atoms with Crippen molar-refractivity contribution in [3.05, 3.63) is 57.7 Å². The first kappa shape index (κ1) is 17.7. The highest BCUT2D eigenvalue weighted by molar-refractivity contribution is 6.35. The molecule has 1 aliphatic rings. The van der Waals surface area contributed by atoms with Crippen LogP contribution in [-0.4, -0.2) is 34.3 Å².